The number of carbonyl (C=O) groups excluding carboxylic acids is 1. The number of methoxy groups -OCH3 is 2. The van der Waals surface area contributed by atoms with E-state index >= 15 is 4.39 Å². The van der Waals surface area contributed by atoms with Crippen molar-refractivity contribution in [3.05, 3.63) is 99.3 Å². The minimum absolute atomic E-state index is 0.0245. The van der Waals surface area contributed by atoms with E-state index in [0.717, 1.165) is 22.9 Å². The number of fused-ring (bicyclic) bond motifs is 1. The number of amides is 1. The Morgan fingerprint density at radius 1 is 0.907 bits per heavy atom. The van der Waals surface area contributed by atoms with Gasteiger partial charge in [-0.3, -0.25) is 15.1 Å². The van der Waals surface area contributed by atoms with Gasteiger partial charge in [-0.25, -0.2) is 27.6 Å². The highest BCUT2D eigenvalue weighted by atomic mass is 19.1. The molecule has 0 fully saturated rings. The maximum Gasteiger partial charge on any atom is 0.418 e. The van der Waals surface area contributed by atoms with Crippen LogP contribution in [-0.2, 0) is 6.54 Å². The number of ether oxygens (including phenoxy) is 4. The van der Waals surface area contributed by atoms with Gasteiger partial charge in [-0.15, -0.1) is 5.10 Å². The summed E-state index contributed by atoms with van der Waals surface area (Å²) >= 11 is 0. The van der Waals surface area contributed by atoms with E-state index < -0.39 is 34.9 Å². The highest BCUT2D eigenvalue weighted by molar-refractivity contribution is 5.88. The van der Waals surface area contributed by atoms with Crippen LogP contribution in [0.4, 0.5) is 19.3 Å². The van der Waals surface area contributed by atoms with Crippen LogP contribution < -0.4 is 35.5 Å². The van der Waals surface area contributed by atoms with Crippen LogP contribution in [0, 0.1) is 11.6 Å². The Morgan fingerprint density at radius 2 is 1.63 bits per heavy atom. The van der Waals surface area contributed by atoms with E-state index in [2.05, 4.69) is 15.4 Å². The topological polar surface area (TPSA) is 136 Å². The van der Waals surface area contributed by atoms with Crippen LogP contribution in [0.2, 0.25) is 0 Å². The molecule has 0 aliphatic carbocycles. The second-order valence-electron chi connectivity index (χ2n) is 8.82. The Labute approximate surface area is 241 Å². The molecule has 0 bridgehead atoms. The number of benzene rings is 3. The first kappa shape index (κ1) is 28.7. The molecular weight excluding hydrogens is 568 g/mol. The molecule has 2 aromatic heterocycles. The molecule has 0 spiro atoms. The van der Waals surface area contributed by atoms with Gasteiger partial charge in [-0.05, 0) is 55.5 Å². The first-order chi connectivity index (χ1) is 20.7. The fourth-order valence-electron chi connectivity index (χ4n) is 4.13. The molecule has 2 heterocycles. The highest BCUT2D eigenvalue weighted by Crippen LogP contribution is 2.37. The molecule has 220 valence electrons. The summed E-state index contributed by atoms with van der Waals surface area (Å²) in [5.74, 6) is -1.08. The summed E-state index contributed by atoms with van der Waals surface area (Å²) in [5.41, 5.74) is -1.32. The molecule has 14 heteroatoms. The van der Waals surface area contributed by atoms with E-state index in [1.54, 1.807) is 25.1 Å². The number of rotatable bonds is 8. The lowest BCUT2D eigenvalue weighted by atomic mass is 10.2. The molecule has 1 N–H and O–H groups in total. The van der Waals surface area contributed by atoms with E-state index in [1.807, 2.05) is 0 Å². The van der Waals surface area contributed by atoms with Gasteiger partial charge in [0.05, 0.1) is 25.4 Å². The summed E-state index contributed by atoms with van der Waals surface area (Å²) < 4.78 is 51.5. The van der Waals surface area contributed by atoms with E-state index in [0.29, 0.717) is 32.7 Å². The second-order valence-corrected chi connectivity index (χ2v) is 8.82. The summed E-state index contributed by atoms with van der Waals surface area (Å²) in [5, 5.41) is 6.64. The van der Waals surface area contributed by atoms with Crippen molar-refractivity contribution in [2.24, 2.45) is 0 Å². The molecule has 0 saturated heterocycles. The van der Waals surface area contributed by atoms with Crippen molar-refractivity contribution in [2.75, 3.05) is 19.5 Å². The van der Waals surface area contributed by atoms with Crippen molar-refractivity contribution >= 4 is 22.7 Å². The maximum atomic E-state index is 15.0. The minimum Gasteiger partial charge on any atom is -0.493 e. The molecule has 0 atom stereocenters. The van der Waals surface area contributed by atoms with Crippen molar-refractivity contribution in [1.82, 2.24) is 19.3 Å². The number of anilines is 1. The Hall–Kier alpha value is -5.79. The van der Waals surface area contributed by atoms with Gasteiger partial charge in [0.2, 0.25) is 0 Å². The van der Waals surface area contributed by atoms with E-state index in [-0.39, 0.29) is 23.7 Å². The Bertz CT molecular complexity index is 1960. The van der Waals surface area contributed by atoms with Gasteiger partial charge in [0, 0.05) is 35.9 Å². The van der Waals surface area contributed by atoms with Crippen LogP contribution in [0.5, 0.6) is 28.9 Å². The third kappa shape index (κ3) is 5.84. The average Bonchev–Trinajstić information content (AvgIpc) is 3.00. The molecule has 5 rings (SSSR count). The molecule has 0 aliphatic heterocycles. The summed E-state index contributed by atoms with van der Waals surface area (Å²) in [6, 6.07) is 13.1. The number of pyridine rings is 1. The predicted octanol–water partition coefficient (Wildman–Crippen LogP) is 4.66. The van der Waals surface area contributed by atoms with Crippen LogP contribution in [0.1, 0.15) is 6.92 Å². The lowest BCUT2D eigenvalue weighted by Gasteiger charge is -2.13. The molecule has 0 saturated carbocycles. The van der Waals surface area contributed by atoms with Gasteiger partial charge in [-0.2, -0.15) is 0 Å². The van der Waals surface area contributed by atoms with Crippen molar-refractivity contribution in [2.45, 2.75) is 13.5 Å². The van der Waals surface area contributed by atoms with Crippen LogP contribution in [-0.4, -0.2) is 39.6 Å². The molecule has 5 aromatic rings. The fraction of sp³-hybridized carbons (Fsp3) is 0.138. The predicted molar refractivity (Wildman–Crippen MR) is 151 cm³/mol. The molecular formula is C29H23F2N5O7. The molecule has 0 unspecified atom stereocenters. The van der Waals surface area contributed by atoms with Gasteiger partial charge in [0.25, 0.3) is 0 Å². The van der Waals surface area contributed by atoms with Gasteiger partial charge >= 0.3 is 23.2 Å². The zero-order chi connectivity index (χ0) is 30.7. The third-order valence-electron chi connectivity index (χ3n) is 6.19. The van der Waals surface area contributed by atoms with Crippen LogP contribution >= 0.6 is 0 Å². The molecule has 1 amide bonds. The zero-order valence-electron chi connectivity index (χ0n) is 23.0. The number of aryl methyl sites for hydroxylation is 1. The number of hydrogen-bond acceptors (Lipinski definition) is 9. The van der Waals surface area contributed by atoms with Crippen LogP contribution in [0.25, 0.3) is 16.6 Å². The van der Waals surface area contributed by atoms with Gasteiger partial charge in [0.1, 0.15) is 11.6 Å². The van der Waals surface area contributed by atoms with Gasteiger partial charge in [0.15, 0.2) is 23.1 Å². The van der Waals surface area contributed by atoms with Crippen LogP contribution in [0.3, 0.4) is 0 Å². The minimum atomic E-state index is -1.18. The number of halogens is 2. The largest absolute Gasteiger partial charge is 0.493 e. The van der Waals surface area contributed by atoms with E-state index in [9.17, 15) is 18.8 Å². The van der Waals surface area contributed by atoms with Crippen molar-refractivity contribution < 1.29 is 32.5 Å². The van der Waals surface area contributed by atoms with Crippen molar-refractivity contribution in [1.29, 1.82) is 0 Å². The molecule has 3 aromatic carbocycles. The van der Waals surface area contributed by atoms with E-state index in [1.165, 1.54) is 44.7 Å². The van der Waals surface area contributed by atoms with Crippen molar-refractivity contribution in [3.63, 3.8) is 0 Å². The van der Waals surface area contributed by atoms with Gasteiger partial charge in [-0.1, -0.05) is 0 Å². The molecule has 12 nitrogen and oxygen atoms in total. The standard InChI is InChI=1S/C29H23F2N5O7/c1-4-35-29(39)36(18-8-5-16(30)6-9-18)27(37)26(34-35)43-28(38)33-17-7-10-23(20(31)13-17)42-22-11-12-32-21-15-25(41-3)24(40-2)14-19(21)22/h5-15H,4H2,1-3H3,(H,33,38). The Balaban J connectivity index is 1.37. The summed E-state index contributed by atoms with van der Waals surface area (Å²) in [6.07, 6.45) is 0.318. The number of carbonyl (C=O) groups is 1. The highest BCUT2D eigenvalue weighted by Gasteiger charge is 2.19. The summed E-state index contributed by atoms with van der Waals surface area (Å²) in [6.45, 7) is 1.63. The quantitative estimate of drug-likeness (QED) is 0.273. The molecule has 0 aliphatic rings. The summed E-state index contributed by atoms with van der Waals surface area (Å²) in [7, 11) is 2.98. The smallest absolute Gasteiger partial charge is 0.418 e. The Kier molecular flexibility index (Phi) is 8.00. The SMILES string of the molecule is CCn1nc(OC(=O)Nc2ccc(Oc3ccnc4cc(OC)c(OC)cc34)c(F)c2)c(=O)n(-c2ccc(F)cc2)c1=O. The average molecular weight is 592 g/mol. The number of nitrogens with one attached hydrogen (secondary N) is 1. The van der Waals surface area contributed by atoms with Gasteiger partial charge < -0.3 is 18.9 Å². The second kappa shape index (κ2) is 12.0. The number of nitrogens with zero attached hydrogens (tertiary/aromatic N) is 4. The lowest BCUT2D eigenvalue weighted by molar-refractivity contribution is 0.210. The fourth-order valence-corrected chi connectivity index (χ4v) is 4.13. The number of hydrogen-bond donors (Lipinski definition) is 1. The monoisotopic (exact) mass is 591 g/mol. The van der Waals surface area contributed by atoms with Crippen LogP contribution in [0.15, 0.2) is 76.4 Å². The van der Waals surface area contributed by atoms with Crippen molar-refractivity contribution in [3.8, 4) is 34.6 Å². The lowest BCUT2D eigenvalue weighted by Crippen LogP contribution is -2.41. The Morgan fingerprint density at radius 3 is 2.30 bits per heavy atom. The normalized spacial score (nSPS) is 10.8. The molecule has 43 heavy (non-hydrogen) atoms. The molecule has 0 radical (unpaired) electrons. The number of aromatic nitrogens is 4. The third-order valence-corrected chi connectivity index (χ3v) is 6.19. The van der Waals surface area contributed by atoms with E-state index in [4.69, 9.17) is 18.9 Å². The summed E-state index contributed by atoms with van der Waals surface area (Å²) in [4.78, 5) is 42.6. The zero-order valence-corrected chi connectivity index (χ0v) is 23.0. The first-order valence-electron chi connectivity index (χ1n) is 12.7. The first-order valence-corrected chi connectivity index (χ1v) is 12.7. The maximum absolute atomic E-state index is 15.0.